The van der Waals surface area contributed by atoms with Crippen molar-refractivity contribution in [3.63, 3.8) is 0 Å². The zero-order valence-electron chi connectivity index (χ0n) is 11.4. The first kappa shape index (κ1) is 13.5. The van der Waals surface area contributed by atoms with Crippen LogP contribution in [-0.4, -0.2) is 46.8 Å². The van der Waals surface area contributed by atoms with Crippen molar-refractivity contribution in [3.8, 4) is 0 Å². The summed E-state index contributed by atoms with van der Waals surface area (Å²) in [7, 11) is 0. The van der Waals surface area contributed by atoms with E-state index in [1.807, 2.05) is 19.1 Å². The Balaban J connectivity index is 2.14. The van der Waals surface area contributed by atoms with E-state index >= 15 is 0 Å². The van der Waals surface area contributed by atoms with Gasteiger partial charge in [-0.3, -0.25) is 9.88 Å². The summed E-state index contributed by atoms with van der Waals surface area (Å²) in [6.45, 7) is 9.30. The molecular weight excluding hydrogens is 228 g/mol. The molecule has 1 fully saturated rings. The number of rotatable bonds is 3. The van der Waals surface area contributed by atoms with Crippen molar-refractivity contribution in [2.24, 2.45) is 0 Å². The first-order chi connectivity index (χ1) is 8.51. The SMILES string of the molecule is Cc1ccc(C(O)C(C)(C)N2CCOCC2)cn1. The van der Waals surface area contributed by atoms with Crippen LogP contribution in [0.4, 0.5) is 0 Å². The lowest BCUT2D eigenvalue weighted by Crippen LogP contribution is -2.53. The van der Waals surface area contributed by atoms with Crippen LogP contribution in [0, 0.1) is 6.92 Å². The first-order valence-corrected chi connectivity index (χ1v) is 6.45. The highest BCUT2D eigenvalue weighted by molar-refractivity contribution is 5.19. The van der Waals surface area contributed by atoms with Gasteiger partial charge in [-0.1, -0.05) is 6.07 Å². The largest absolute Gasteiger partial charge is 0.386 e. The van der Waals surface area contributed by atoms with E-state index in [1.54, 1.807) is 6.20 Å². The Hall–Kier alpha value is -0.970. The number of nitrogens with zero attached hydrogens (tertiary/aromatic N) is 2. The van der Waals surface area contributed by atoms with Gasteiger partial charge in [0.15, 0.2) is 0 Å². The third kappa shape index (κ3) is 2.71. The van der Waals surface area contributed by atoms with E-state index in [1.165, 1.54) is 0 Å². The molecule has 4 heteroatoms. The predicted octanol–water partition coefficient (Wildman–Crippen LogP) is 1.53. The second-order valence-corrected chi connectivity index (χ2v) is 5.39. The zero-order chi connectivity index (χ0) is 13.2. The van der Waals surface area contributed by atoms with E-state index in [4.69, 9.17) is 4.74 Å². The Morgan fingerprint density at radius 3 is 2.56 bits per heavy atom. The minimum absolute atomic E-state index is 0.305. The highest BCUT2D eigenvalue weighted by atomic mass is 16.5. The van der Waals surface area contributed by atoms with Gasteiger partial charge in [0.1, 0.15) is 0 Å². The van der Waals surface area contributed by atoms with E-state index in [2.05, 4.69) is 23.7 Å². The van der Waals surface area contributed by atoms with Gasteiger partial charge < -0.3 is 9.84 Å². The van der Waals surface area contributed by atoms with E-state index < -0.39 is 6.10 Å². The Bertz CT molecular complexity index is 383. The zero-order valence-corrected chi connectivity index (χ0v) is 11.4. The lowest BCUT2D eigenvalue weighted by molar-refractivity contribution is -0.0631. The Labute approximate surface area is 109 Å². The van der Waals surface area contributed by atoms with Crippen LogP contribution < -0.4 is 0 Å². The predicted molar refractivity (Wildman–Crippen MR) is 70.4 cm³/mol. The standard InChI is InChI=1S/C14H22N2O2/c1-11-4-5-12(10-15-11)13(17)14(2,3)16-6-8-18-9-7-16/h4-5,10,13,17H,6-9H2,1-3H3. The van der Waals surface area contributed by atoms with Crippen LogP contribution in [0.2, 0.25) is 0 Å². The number of hydrogen-bond donors (Lipinski definition) is 1. The number of aliphatic hydroxyl groups is 1. The monoisotopic (exact) mass is 250 g/mol. The number of morpholine rings is 1. The molecule has 0 spiro atoms. The van der Waals surface area contributed by atoms with Crippen LogP contribution >= 0.6 is 0 Å². The molecule has 1 aliphatic heterocycles. The van der Waals surface area contributed by atoms with Gasteiger partial charge in [0, 0.05) is 36.1 Å². The van der Waals surface area contributed by atoms with Crippen molar-refractivity contribution in [2.45, 2.75) is 32.4 Å². The molecule has 0 aliphatic carbocycles. The lowest BCUT2D eigenvalue weighted by atomic mass is 9.90. The fourth-order valence-electron chi connectivity index (χ4n) is 2.36. The normalized spacial score (nSPS) is 19.8. The topological polar surface area (TPSA) is 45.6 Å². The average Bonchev–Trinajstić information content (AvgIpc) is 2.40. The molecule has 0 amide bonds. The Kier molecular flexibility index (Phi) is 4.00. The van der Waals surface area contributed by atoms with Gasteiger partial charge in [0.2, 0.25) is 0 Å². The molecule has 0 bridgehead atoms. The van der Waals surface area contributed by atoms with E-state index in [0.29, 0.717) is 0 Å². The summed E-state index contributed by atoms with van der Waals surface area (Å²) in [6, 6.07) is 3.89. The highest BCUT2D eigenvalue weighted by Gasteiger charge is 2.36. The van der Waals surface area contributed by atoms with Gasteiger partial charge in [-0.2, -0.15) is 0 Å². The van der Waals surface area contributed by atoms with Crippen LogP contribution in [0.3, 0.4) is 0 Å². The fourth-order valence-corrected chi connectivity index (χ4v) is 2.36. The molecule has 1 N–H and O–H groups in total. The summed E-state index contributed by atoms with van der Waals surface area (Å²) in [5.41, 5.74) is 1.54. The summed E-state index contributed by atoms with van der Waals surface area (Å²) >= 11 is 0. The smallest absolute Gasteiger partial charge is 0.0983 e. The molecule has 0 radical (unpaired) electrons. The third-order valence-corrected chi connectivity index (χ3v) is 3.75. The molecule has 1 aromatic heterocycles. The maximum absolute atomic E-state index is 10.6. The van der Waals surface area contributed by atoms with Gasteiger partial charge in [-0.05, 0) is 26.8 Å². The number of aliphatic hydroxyl groups excluding tert-OH is 1. The fraction of sp³-hybridized carbons (Fsp3) is 0.643. The van der Waals surface area contributed by atoms with Crippen molar-refractivity contribution in [3.05, 3.63) is 29.6 Å². The average molecular weight is 250 g/mol. The van der Waals surface area contributed by atoms with Crippen LogP contribution in [-0.2, 0) is 4.74 Å². The molecule has 4 nitrogen and oxygen atoms in total. The number of hydrogen-bond acceptors (Lipinski definition) is 4. The molecule has 18 heavy (non-hydrogen) atoms. The van der Waals surface area contributed by atoms with Gasteiger partial charge in [-0.25, -0.2) is 0 Å². The van der Waals surface area contributed by atoms with Gasteiger partial charge in [0.25, 0.3) is 0 Å². The summed E-state index contributed by atoms with van der Waals surface area (Å²) in [5, 5.41) is 10.6. The number of aryl methyl sites for hydroxylation is 1. The number of pyridine rings is 1. The number of aromatic nitrogens is 1. The summed E-state index contributed by atoms with van der Waals surface area (Å²) in [5.74, 6) is 0. The van der Waals surface area contributed by atoms with Crippen LogP contribution in [0.25, 0.3) is 0 Å². The van der Waals surface area contributed by atoms with Crippen molar-refractivity contribution >= 4 is 0 Å². The molecule has 1 saturated heterocycles. The first-order valence-electron chi connectivity index (χ1n) is 6.45. The summed E-state index contributed by atoms with van der Waals surface area (Å²) < 4.78 is 5.36. The second kappa shape index (κ2) is 5.34. The molecule has 2 rings (SSSR count). The third-order valence-electron chi connectivity index (χ3n) is 3.75. The molecule has 1 aromatic rings. The molecule has 100 valence electrons. The Morgan fingerprint density at radius 2 is 2.00 bits per heavy atom. The quantitative estimate of drug-likeness (QED) is 0.884. The van der Waals surface area contributed by atoms with Gasteiger partial charge in [-0.15, -0.1) is 0 Å². The summed E-state index contributed by atoms with van der Waals surface area (Å²) in [4.78, 5) is 6.53. The number of ether oxygens (including phenoxy) is 1. The molecular formula is C14H22N2O2. The van der Waals surface area contributed by atoms with Crippen LogP contribution in [0.15, 0.2) is 18.3 Å². The van der Waals surface area contributed by atoms with Crippen molar-refractivity contribution in [1.82, 2.24) is 9.88 Å². The lowest BCUT2D eigenvalue weighted by Gasteiger charge is -2.43. The van der Waals surface area contributed by atoms with Crippen LogP contribution in [0.1, 0.15) is 31.2 Å². The molecule has 1 atom stereocenters. The molecule has 1 aliphatic rings. The van der Waals surface area contributed by atoms with Crippen molar-refractivity contribution in [1.29, 1.82) is 0 Å². The van der Waals surface area contributed by atoms with Crippen LogP contribution in [0.5, 0.6) is 0 Å². The maximum Gasteiger partial charge on any atom is 0.0983 e. The highest BCUT2D eigenvalue weighted by Crippen LogP contribution is 2.31. The second-order valence-electron chi connectivity index (χ2n) is 5.39. The molecule has 0 saturated carbocycles. The van der Waals surface area contributed by atoms with Gasteiger partial charge in [0.05, 0.1) is 19.3 Å². The Morgan fingerprint density at radius 1 is 1.33 bits per heavy atom. The van der Waals surface area contributed by atoms with Crippen molar-refractivity contribution in [2.75, 3.05) is 26.3 Å². The molecule has 2 heterocycles. The summed E-state index contributed by atoms with van der Waals surface area (Å²) in [6.07, 6.45) is 1.23. The van der Waals surface area contributed by atoms with E-state index in [9.17, 15) is 5.11 Å². The van der Waals surface area contributed by atoms with E-state index in [-0.39, 0.29) is 5.54 Å². The van der Waals surface area contributed by atoms with Crippen molar-refractivity contribution < 1.29 is 9.84 Å². The van der Waals surface area contributed by atoms with Gasteiger partial charge >= 0.3 is 0 Å². The minimum Gasteiger partial charge on any atom is -0.386 e. The molecule has 0 aromatic carbocycles. The maximum atomic E-state index is 10.6. The van der Waals surface area contributed by atoms with E-state index in [0.717, 1.165) is 37.6 Å². The molecule has 1 unspecified atom stereocenters. The minimum atomic E-state index is -0.538.